The quantitative estimate of drug-likeness (QED) is 0.199. The zero-order valence-corrected chi connectivity index (χ0v) is 21.9. The van der Waals surface area contributed by atoms with Crippen LogP contribution in [-0.2, 0) is 5.41 Å². The molecule has 0 aliphatic rings. The van der Waals surface area contributed by atoms with Gasteiger partial charge in [0.2, 0.25) is 0 Å². The SMILES string of the molecule is CCCOc1ccc(C(C)(C)c2ccc(OCCCN(NC)C(CN=O)=C(C)C)cc2)cc1C. The Labute approximate surface area is 205 Å². The first-order chi connectivity index (χ1) is 16.2. The maximum atomic E-state index is 10.7. The van der Waals surface area contributed by atoms with Gasteiger partial charge in [0.15, 0.2) is 0 Å². The molecule has 6 nitrogen and oxygen atoms in total. The number of hydrogen-bond acceptors (Lipinski definition) is 6. The Morgan fingerprint density at radius 3 is 2.26 bits per heavy atom. The molecular formula is C28H41N3O3. The predicted octanol–water partition coefficient (Wildman–Crippen LogP) is 6.38. The molecule has 0 aliphatic heterocycles. The van der Waals surface area contributed by atoms with Gasteiger partial charge in [0.1, 0.15) is 18.0 Å². The average molecular weight is 468 g/mol. The standard InChI is InChI=1S/C28H41N3O3/c1-8-17-34-27-15-12-24(19-22(27)4)28(5,6)23-10-13-25(14-11-23)33-18-9-16-31(29-7)26(20-30-32)21(2)3/h10-15,19,29H,8-9,16-18,20H2,1-7H3. The molecule has 0 aromatic heterocycles. The molecule has 0 bridgehead atoms. The van der Waals surface area contributed by atoms with E-state index in [2.05, 4.69) is 68.6 Å². The van der Waals surface area contributed by atoms with Crippen LogP contribution in [0.25, 0.3) is 0 Å². The Hall–Kier alpha value is -2.86. The van der Waals surface area contributed by atoms with Crippen molar-refractivity contribution in [2.24, 2.45) is 5.18 Å². The van der Waals surface area contributed by atoms with Crippen molar-refractivity contribution in [2.75, 3.05) is 33.4 Å². The summed E-state index contributed by atoms with van der Waals surface area (Å²) in [4.78, 5) is 10.7. The highest BCUT2D eigenvalue weighted by Crippen LogP contribution is 2.34. The summed E-state index contributed by atoms with van der Waals surface area (Å²) in [7, 11) is 1.85. The minimum Gasteiger partial charge on any atom is -0.494 e. The molecule has 1 N–H and O–H groups in total. The lowest BCUT2D eigenvalue weighted by molar-refractivity contribution is 0.227. The molecule has 0 unspecified atom stereocenters. The van der Waals surface area contributed by atoms with Gasteiger partial charge in [-0.1, -0.05) is 55.8 Å². The van der Waals surface area contributed by atoms with E-state index in [9.17, 15) is 4.91 Å². The first-order valence-electron chi connectivity index (χ1n) is 12.1. The van der Waals surface area contributed by atoms with Crippen LogP contribution >= 0.6 is 0 Å². The molecular weight excluding hydrogens is 426 g/mol. The fourth-order valence-electron chi connectivity index (χ4n) is 3.92. The van der Waals surface area contributed by atoms with Crippen LogP contribution in [0, 0.1) is 11.8 Å². The topological polar surface area (TPSA) is 63.2 Å². The lowest BCUT2D eigenvalue weighted by atomic mass is 9.77. The monoisotopic (exact) mass is 467 g/mol. The van der Waals surface area contributed by atoms with Crippen molar-refractivity contribution in [3.8, 4) is 11.5 Å². The average Bonchev–Trinajstić information content (AvgIpc) is 2.82. The Morgan fingerprint density at radius 2 is 1.71 bits per heavy atom. The number of benzene rings is 2. The molecule has 6 heteroatoms. The summed E-state index contributed by atoms with van der Waals surface area (Å²) in [5, 5.41) is 5.01. The largest absolute Gasteiger partial charge is 0.494 e. The molecule has 0 heterocycles. The lowest BCUT2D eigenvalue weighted by Gasteiger charge is -2.27. The Kier molecular flexibility index (Phi) is 10.6. The molecule has 0 aliphatic carbocycles. The van der Waals surface area contributed by atoms with Gasteiger partial charge in [0, 0.05) is 25.4 Å². The highest BCUT2D eigenvalue weighted by Gasteiger charge is 2.24. The molecule has 0 saturated carbocycles. The van der Waals surface area contributed by atoms with Crippen molar-refractivity contribution in [2.45, 2.75) is 59.8 Å². The summed E-state index contributed by atoms with van der Waals surface area (Å²) in [6, 6.07) is 14.8. The highest BCUT2D eigenvalue weighted by atomic mass is 16.5. The van der Waals surface area contributed by atoms with Crippen molar-refractivity contribution in [1.29, 1.82) is 0 Å². The Bertz CT molecular complexity index is 948. The maximum absolute atomic E-state index is 10.7. The third-order valence-electron chi connectivity index (χ3n) is 6.12. The summed E-state index contributed by atoms with van der Waals surface area (Å²) >= 11 is 0. The summed E-state index contributed by atoms with van der Waals surface area (Å²) in [5.74, 6) is 1.81. The van der Waals surface area contributed by atoms with E-state index in [0.29, 0.717) is 6.61 Å². The fraction of sp³-hybridized carbons (Fsp3) is 0.500. The molecule has 186 valence electrons. The zero-order valence-electron chi connectivity index (χ0n) is 21.9. The second kappa shape index (κ2) is 13.1. The van der Waals surface area contributed by atoms with Crippen LogP contribution in [-0.4, -0.2) is 38.4 Å². The van der Waals surface area contributed by atoms with E-state index in [-0.39, 0.29) is 12.0 Å². The number of ether oxygens (including phenoxy) is 2. The van der Waals surface area contributed by atoms with Gasteiger partial charge in [-0.15, -0.1) is 0 Å². The van der Waals surface area contributed by atoms with Gasteiger partial charge in [-0.2, -0.15) is 4.91 Å². The smallest absolute Gasteiger partial charge is 0.122 e. The van der Waals surface area contributed by atoms with Crippen molar-refractivity contribution in [1.82, 2.24) is 10.4 Å². The van der Waals surface area contributed by atoms with E-state index in [1.54, 1.807) is 0 Å². The number of nitrogens with zero attached hydrogens (tertiary/aromatic N) is 2. The van der Waals surface area contributed by atoms with E-state index in [4.69, 9.17) is 9.47 Å². The van der Waals surface area contributed by atoms with Gasteiger partial charge in [-0.3, -0.25) is 0 Å². The number of allylic oxidation sites excluding steroid dienone is 1. The fourth-order valence-corrected chi connectivity index (χ4v) is 3.92. The Balaban J connectivity index is 1.97. The lowest BCUT2D eigenvalue weighted by Crippen LogP contribution is -2.37. The van der Waals surface area contributed by atoms with Crippen molar-refractivity contribution in [3.05, 3.63) is 75.3 Å². The summed E-state index contributed by atoms with van der Waals surface area (Å²) in [6.07, 6.45) is 1.82. The maximum Gasteiger partial charge on any atom is 0.122 e. The van der Waals surface area contributed by atoms with Gasteiger partial charge in [-0.05, 0) is 62.1 Å². The number of aryl methyl sites for hydroxylation is 1. The van der Waals surface area contributed by atoms with Gasteiger partial charge >= 0.3 is 0 Å². The van der Waals surface area contributed by atoms with Crippen molar-refractivity contribution >= 4 is 0 Å². The van der Waals surface area contributed by atoms with Gasteiger partial charge in [0.05, 0.1) is 18.9 Å². The number of rotatable bonds is 14. The van der Waals surface area contributed by atoms with Crippen LogP contribution in [0.3, 0.4) is 0 Å². The van der Waals surface area contributed by atoms with Crippen LogP contribution < -0.4 is 14.9 Å². The molecule has 0 saturated heterocycles. The van der Waals surface area contributed by atoms with E-state index in [0.717, 1.165) is 54.3 Å². The zero-order chi connectivity index (χ0) is 25.1. The summed E-state index contributed by atoms with van der Waals surface area (Å²) in [6.45, 7) is 14.9. The number of hydrazine groups is 1. The van der Waals surface area contributed by atoms with Gasteiger partial charge < -0.3 is 14.5 Å². The predicted molar refractivity (Wildman–Crippen MR) is 140 cm³/mol. The molecule has 0 amide bonds. The molecule has 2 rings (SSSR count). The number of nitrogens with one attached hydrogen (secondary N) is 1. The van der Waals surface area contributed by atoms with Gasteiger partial charge in [-0.25, -0.2) is 5.43 Å². The molecule has 0 fully saturated rings. The number of nitroso groups, excluding NO2 is 1. The van der Waals surface area contributed by atoms with E-state index < -0.39 is 0 Å². The second-order valence-corrected chi connectivity index (χ2v) is 9.29. The minimum absolute atomic E-state index is 0.132. The Morgan fingerprint density at radius 1 is 1.03 bits per heavy atom. The normalized spacial score (nSPS) is 11.1. The first kappa shape index (κ1) is 27.4. The highest BCUT2D eigenvalue weighted by molar-refractivity contribution is 5.45. The molecule has 2 aromatic rings. The third-order valence-corrected chi connectivity index (χ3v) is 6.12. The van der Waals surface area contributed by atoms with Crippen LogP contribution in [0.2, 0.25) is 0 Å². The van der Waals surface area contributed by atoms with E-state index in [1.807, 2.05) is 38.0 Å². The summed E-state index contributed by atoms with van der Waals surface area (Å²) < 4.78 is 11.8. The minimum atomic E-state index is -0.132. The molecule has 0 spiro atoms. The van der Waals surface area contributed by atoms with E-state index in [1.165, 1.54) is 11.1 Å². The molecule has 2 aromatic carbocycles. The van der Waals surface area contributed by atoms with E-state index >= 15 is 0 Å². The van der Waals surface area contributed by atoms with Gasteiger partial charge in [0.25, 0.3) is 0 Å². The second-order valence-electron chi connectivity index (χ2n) is 9.29. The van der Waals surface area contributed by atoms with Crippen molar-refractivity contribution < 1.29 is 9.47 Å². The molecule has 0 radical (unpaired) electrons. The third kappa shape index (κ3) is 7.32. The first-order valence-corrected chi connectivity index (χ1v) is 12.1. The van der Waals surface area contributed by atoms with Crippen molar-refractivity contribution in [3.63, 3.8) is 0 Å². The van der Waals surface area contributed by atoms with Crippen LogP contribution in [0.4, 0.5) is 0 Å². The molecule has 0 atom stereocenters. The van der Waals surface area contributed by atoms with Crippen LogP contribution in [0.1, 0.15) is 64.2 Å². The summed E-state index contributed by atoms with van der Waals surface area (Å²) in [5.41, 5.74) is 8.64. The van der Waals surface area contributed by atoms with Crippen LogP contribution in [0.5, 0.6) is 11.5 Å². The molecule has 34 heavy (non-hydrogen) atoms. The number of hydrogen-bond donors (Lipinski definition) is 1. The van der Waals surface area contributed by atoms with Crippen LogP contribution in [0.15, 0.2) is 58.9 Å².